The zero-order valence-corrected chi connectivity index (χ0v) is 23.8. The number of pyridine rings is 1. The highest BCUT2D eigenvalue weighted by Gasteiger charge is 2.31. The van der Waals surface area contributed by atoms with Crippen molar-refractivity contribution in [3.8, 4) is 28.0 Å². The zero-order valence-electron chi connectivity index (χ0n) is 23.8. The Morgan fingerprint density at radius 2 is 1.75 bits per heavy atom. The Labute approximate surface area is 234 Å². The van der Waals surface area contributed by atoms with Crippen molar-refractivity contribution in [3.05, 3.63) is 83.6 Å². The van der Waals surface area contributed by atoms with E-state index in [1.54, 1.807) is 13.3 Å². The maximum Gasteiger partial charge on any atom is 0.163 e. The topological polar surface area (TPSA) is 74.2 Å². The average Bonchev–Trinajstić information content (AvgIpc) is 2.92. The first-order chi connectivity index (χ1) is 19.1. The Kier molecular flexibility index (Phi) is 6.38. The molecule has 1 aliphatic rings. The number of carbonyl (C=O) groups is 1. The second-order valence-electron chi connectivity index (χ2n) is 11.6. The summed E-state index contributed by atoms with van der Waals surface area (Å²) in [6.45, 7) is 12.4. The molecule has 0 saturated heterocycles. The van der Waals surface area contributed by atoms with Crippen LogP contribution in [0.5, 0.6) is 5.75 Å². The highest BCUT2D eigenvalue weighted by molar-refractivity contribution is 6.10. The molecular formula is C34H33N3O3. The normalized spacial score (nSPS) is 13.8. The number of nitrogens with zero attached hydrogens (tertiary/aromatic N) is 3. The Morgan fingerprint density at radius 1 is 1.00 bits per heavy atom. The van der Waals surface area contributed by atoms with Crippen molar-refractivity contribution in [1.82, 2.24) is 15.0 Å². The lowest BCUT2D eigenvalue weighted by molar-refractivity contribution is -0.138. The summed E-state index contributed by atoms with van der Waals surface area (Å²) in [5, 5.41) is 3.19. The minimum Gasteiger partial charge on any atom is -0.493 e. The second kappa shape index (κ2) is 9.79. The minimum absolute atomic E-state index is 0.0348. The van der Waals surface area contributed by atoms with Gasteiger partial charge in [0.05, 0.1) is 17.7 Å². The fraction of sp³-hybridized carbons (Fsp3) is 0.294. The number of aryl methyl sites for hydroxylation is 2. The smallest absolute Gasteiger partial charge is 0.163 e. The van der Waals surface area contributed by atoms with Crippen LogP contribution < -0.4 is 4.74 Å². The number of ether oxygens (including phenoxy) is 2. The van der Waals surface area contributed by atoms with E-state index in [-0.39, 0.29) is 5.78 Å². The molecule has 0 amide bonds. The summed E-state index contributed by atoms with van der Waals surface area (Å²) in [5.74, 6) is 0.815. The lowest BCUT2D eigenvalue weighted by Crippen LogP contribution is -2.27. The molecule has 0 N–H and O–H groups in total. The molecule has 202 valence electrons. The van der Waals surface area contributed by atoms with Crippen LogP contribution in [0.25, 0.3) is 43.9 Å². The number of aromatic nitrogens is 3. The first-order valence-corrected chi connectivity index (χ1v) is 13.7. The van der Waals surface area contributed by atoms with E-state index >= 15 is 0 Å². The summed E-state index contributed by atoms with van der Waals surface area (Å²) in [5.41, 5.74) is 8.55. The van der Waals surface area contributed by atoms with Crippen molar-refractivity contribution in [3.63, 3.8) is 0 Å². The lowest BCUT2D eigenvalue weighted by atomic mass is 9.83. The molecule has 0 fully saturated rings. The van der Waals surface area contributed by atoms with Gasteiger partial charge in [-0.1, -0.05) is 18.2 Å². The number of rotatable bonds is 5. The summed E-state index contributed by atoms with van der Waals surface area (Å²) < 4.78 is 12.5. The Balaban J connectivity index is 1.73. The van der Waals surface area contributed by atoms with Gasteiger partial charge in [0.2, 0.25) is 0 Å². The van der Waals surface area contributed by atoms with Crippen molar-refractivity contribution in [2.75, 3.05) is 6.61 Å². The van der Waals surface area contributed by atoms with Crippen LogP contribution in [-0.4, -0.2) is 32.9 Å². The molecule has 0 bridgehead atoms. The number of ketones is 1. The molecule has 1 unspecified atom stereocenters. The van der Waals surface area contributed by atoms with Crippen molar-refractivity contribution in [1.29, 1.82) is 0 Å². The number of hydrogen-bond acceptors (Lipinski definition) is 6. The zero-order chi connectivity index (χ0) is 28.2. The average molecular weight is 532 g/mol. The largest absolute Gasteiger partial charge is 0.493 e. The maximum absolute atomic E-state index is 13.3. The molecule has 0 radical (unpaired) electrons. The SMILES string of the molecule is CC(=O)C(OC(C)(C)C)c1c(C)cc2c(C)c(-c3cncnc3)ccc2c1-c1ccc2c3c(ccnc13)CCO2. The molecular weight excluding hydrogens is 498 g/mol. The van der Waals surface area contributed by atoms with Crippen LogP contribution in [0, 0.1) is 13.8 Å². The van der Waals surface area contributed by atoms with Gasteiger partial charge < -0.3 is 9.47 Å². The van der Waals surface area contributed by atoms with Crippen molar-refractivity contribution in [2.24, 2.45) is 0 Å². The molecule has 0 spiro atoms. The van der Waals surface area contributed by atoms with E-state index in [9.17, 15) is 4.79 Å². The number of Topliss-reactive ketones (excluding diaryl/α,β-unsaturated/α-hetero) is 1. The third kappa shape index (κ3) is 4.42. The molecule has 2 aromatic heterocycles. The third-order valence-electron chi connectivity index (χ3n) is 7.65. The van der Waals surface area contributed by atoms with Crippen LogP contribution in [0.3, 0.4) is 0 Å². The van der Waals surface area contributed by atoms with Crippen molar-refractivity contribution < 1.29 is 14.3 Å². The van der Waals surface area contributed by atoms with Gasteiger partial charge in [-0.15, -0.1) is 0 Å². The van der Waals surface area contributed by atoms with Crippen LogP contribution in [0.15, 0.2) is 61.3 Å². The summed E-state index contributed by atoms with van der Waals surface area (Å²) in [6.07, 6.45) is 7.19. The van der Waals surface area contributed by atoms with Gasteiger partial charge in [-0.2, -0.15) is 0 Å². The highest BCUT2D eigenvalue weighted by atomic mass is 16.5. The lowest BCUT2D eigenvalue weighted by Gasteiger charge is -2.30. The van der Waals surface area contributed by atoms with Gasteiger partial charge in [-0.3, -0.25) is 9.78 Å². The Bertz CT molecular complexity index is 1780. The van der Waals surface area contributed by atoms with E-state index in [0.717, 1.165) is 72.8 Å². The van der Waals surface area contributed by atoms with Crippen LogP contribution in [-0.2, 0) is 16.0 Å². The Morgan fingerprint density at radius 3 is 2.48 bits per heavy atom. The number of carbonyl (C=O) groups excluding carboxylic acids is 1. The first-order valence-electron chi connectivity index (χ1n) is 13.7. The first kappa shape index (κ1) is 26.1. The van der Waals surface area contributed by atoms with Crippen LogP contribution in [0.1, 0.15) is 56.1 Å². The van der Waals surface area contributed by atoms with E-state index < -0.39 is 11.7 Å². The Hall–Kier alpha value is -4.16. The van der Waals surface area contributed by atoms with Gasteiger partial charge >= 0.3 is 0 Å². The van der Waals surface area contributed by atoms with Crippen LogP contribution in [0.4, 0.5) is 0 Å². The fourth-order valence-electron chi connectivity index (χ4n) is 5.95. The van der Waals surface area contributed by atoms with Gasteiger partial charge in [0.15, 0.2) is 5.78 Å². The van der Waals surface area contributed by atoms with Crippen LogP contribution in [0.2, 0.25) is 0 Å². The predicted octanol–water partition coefficient (Wildman–Crippen LogP) is 7.51. The van der Waals surface area contributed by atoms with E-state index in [1.165, 1.54) is 5.56 Å². The third-order valence-corrected chi connectivity index (χ3v) is 7.65. The maximum atomic E-state index is 13.3. The minimum atomic E-state index is -0.732. The molecule has 5 aromatic rings. The molecule has 40 heavy (non-hydrogen) atoms. The van der Waals surface area contributed by atoms with Gasteiger partial charge in [-0.05, 0) is 104 Å². The number of benzene rings is 3. The van der Waals surface area contributed by atoms with Crippen molar-refractivity contribution >= 4 is 27.5 Å². The summed E-state index contributed by atoms with van der Waals surface area (Å²) in [4.78, 5) is 26.6. The molecule has 6 rings (SSSR count). The van der Waals surface area contributed by atoms with E-state index in [4.69, 9.17) is 14.5 Å². The summed E-state index contributed by atoms with van der Waals surface area (Å²) in [6, 6.07) is 12.6. The number of hydrogen-bond donors (Lipinski definition) is 0. The molecule has 1 aliphatic heterocycles. The van der Waals surface area contributed by atoms with Gasteiger partial charge in [0, 0.05) is 41.5 Å². The molecule has 6 nitrogen and oxygen atoms in total. The molecule has 3 aromatic carbocycles. The van der Waals surface area contributed by atoms with Crippen LogP contribution >= 0.6 is 0 Å². The molecule has 1 atom stereocenters. The summed E-state index contributed by atoms with van der Waals surface area (Å²) in [7, 11) is 0. The number of fused-ring (bicyclic) bond motifs is 1. The van der Waals surface area contributed by atoms with Gasteiger partial charge in [0.25, 0.3) is 0 Å². The summed E-state index contributed by atoms with van der Waals surface area (Å²) >= 11 is 0. The molecule has 0 saturated carbocycles. The fourth-order valence-corrected chi connectivity index (χ4v) is 5.95. The van der Waals surface area contributed by atoms with Gasteiger partial charge in [0.1, 0.15) is 18.2 Å². The predicted molar refractivity (Wildman–Crippen MR) is 159 cm³/mol. The molecule has 0 aliphatic carbocycles. The highest BCUT2D eigenvalue weighted by Crippen LogP contribution is 2.46. The quantitative estimate of drug-likeness (QED) is 0.234. The molecule has 6 heteroatoms. The second-order valence-corrected chi connectivity index (χ2v) is 11.6. The monoisotopic (exact) mass is 531 g/mol. The molecule has 3 heterocycles. The van der Waals surface area contributed by atoms with E-state index in [0.29, 0.717) is 6.61 Å². The van der Waals surface area contributed by atoms with Gasteiger partial charge in [-0.25, -0.2) is 9.97 Å². The van der Waals surface area contributed by atoms with Crippen molar-refractivity contribution in [2.45, 2.75) is 59.7 Å². The van der Waals surface area contributed by atoms with E-state index in [1.807, 2.05) is 45.4 Å². The van der Waals surface area contributed by atoms with E-state index in [2.05, 4.69) is 54.1 Å². The standard InChI is InChI=1S/C34H33N3O3/c1-19-15-27-20(2)24(23-16-35-18-36-17-23)7-8-25(27)31(29(19)33(21(3)38)40-34(4,5)6)26-9-10-28-30-22(12-14-39-28)11-13-37-32(26)30/h7-11,13,15-18,33H,12,14H2,1-6H3.